The first-order valence-corrected chi connectivity index (χ1v) is 11.2. The van der Waals surface area contributed by atoms with Crippen LogP contribution in [0.3, 0.4) is 0 Å². The minimum atomic E-state index is -0.519. The van der Waals surface area contributed by atoms with E-state index in [0.717, 1.165) is 16.1 Å². The largest absolute Gasteiger partial charge is 0.460 e. The molecule has 0 aliphatic rings. The van der Waals surface area contributed by atoms with Gasteiger partial charge in [0.05, 0.1) is 28.0 Å². The van der Waals surface area contributed by atoms with Gasteiger partial charge in [-0.15, -0.1) is 11.3 Å². The third-order valence-corrected chi connectivity index (χ3v) is 5.78. The number of carbonyl (C=O) groups excluding carboxylic acids is 2. The van der Waals surface area contributed by atoms with Crippen LogP contribution >= 0.6 is 11.3 Å². The van der Waals surface area contributed by atoms with Crippen LogP contribution in [0.25, 0.3) is 10.6 Å². The number of amides is 1. The van der Waals surface area contributed by atoms with E-state index in [4.69, 9.17) is 4.74 Å². The van der Waals surface area contributed by atoms with E-state index in [2.05, 4.69) is 10.3 Å². The van der Waals surface area contributed by atoms with Crippen molar-refractivity contribution in [3.63, 3.8) is 0 Å². The lowest BCUT2D eigenvalue weighted by atomic mass is 10.0. The Bertz CT molecular complexity index is 1020. The smallest absolute Gasteiger partial charge is 0.306 e. The van der Waals surface area contributed by atoms with E-state index in [9.17, 15) is 9.59 Å². The van der Waals surface area contributed by atoms with Crippen LogP contribution in [0.15, 0.2) is 55.0 Å². The number of aromatic nitrogens is 2. The average Bonchev–Trinajstić information content (AvgIpc) is 3.34. The number of thiophene rings is 1. The van der Waals surface area contributed by atoms with Crippen molar-refractivity contribution in [2.75, 3.05) is 0 Å². The van der Waals surface area contributed by atoms with Gasteiger partial charge in [-0.1, -0.05) is 30.3 Å². The number of nitrogens with zero attached hydrogens (tertiary/aromatic N) is 2. The Hall–Kier alpha value is -2.93. The molecule has 0 bridgehead atoms. The van der Waals surface area contributed by atoms with Crippen LogP contribution in [0.4, 0.5) is 0 Å². The molecule has 0 saturated carbocycles. The molecule has 0 aliphatic heterocycles. The Labute approximate surface area is 187 Å². The predicted octanol–water partition coefficient (Wildman–Crippen LogP) is 4.61. The summed E-state index contributed by atoms with van der Waals surface area (Å²) in [7, 11) is 1.92. The molecule has 1 amide bonds. The quantitative estimate of drug-likeness (QED) is 0.520. The summed E-state index contributed by atoms with van der Waals surface area (Å²) in [6.07, 6.45) is 4.93. The fourth-order valence-corrected chi connectivity index (χ4v) is 4.22. The third kappa shape index (κ3) is 6.79. The third-order valence-electron chi connectivity index (χ3n) is 4.68. The minimum absolute atomic E-state index is 0.136. The summed E-state index contributed by atoms with van der Waals surface area (Å²) in [6.45, 7) is 5.56. The van der Waals surface area contributed by atoms with Gasteiger partial charge >= 0.3 is 5.97 Å². The number of esters is 1. The highest BCUT2D eigenvalue weighted by Crippen LogP contribution is 2.27. The molecule has 1 aromatic carbocycles. The number of hydrogen-bond donors (Lipinski definition) is 1. The number of rotatable bonds is 8. The van der Waals surface area contributed by atoms with Gasteiger partial charge in [-0.25, -0.2) is 4.98 Å². The normalized spacial score (nSPS) is 12.4. The molecule has 0 radical (unpaired) electrons. The molecule has 0 spiro atoms. The molecule has 0 aliphatic carbocycles. The monoisotopic (exact) mass is 439 g/mol. The van der Waals surface area contributed by atoms with Gasteiger partial charge in [-0.3, -0.25) is 9.59 Å². The highest BCUT2D eigenvalue weighted by atomic mass is 32.1. The van der Waals surface area contributed by atoms with Crippen molar-refractivity contribution in [3.8, 4) is 10.6 Å². The van der Waals surface area contributed by atoms with Crippen LogP contribution in [0.5, 0.6) is 0 Å². The van der Waals surface area contributed by atoms with Crippen molar-refractivity contribution < 1.29 is 14.3 Å². The maximum atomic E-state index is 12.9. The molecule has 164 valence electrons. The van der Waals surface area contributed by atoms with Crippen molar-refractivity contribution in [1.82, 2.24) is 14.9 Å². The number of imidazole rings is 1. The van der Waals surface area contributed by atoms with E-state index in [0.29, 0.717) is 17.7 Å². The lowest BCUT2D eigenvalue weighted by molar-refractivity contribution is -0.155. The molecule has 2 heterocycles. The zero-order chi connectivity index (χ0) is 22.4. The predicted molar refractivity (Wildman–Crippen MR) is 123 cm³/mol. The van der Waals surface area contributed by atoms with Gasteiger partial charge in [0.15, 0.2) is 0 Å². The summed E-state index contributed by atoms with van der Waals surface area (Å²) in [5.41, 5.74) is 1.56. The number of carbonyl (C=O) groups is 2. The van der Waals surface area contributed by atoms with E-state index < -0.39 is 5.60 Å². The van der Waals surface area contributed by atoms with Gasteiger partial charge in [-0.05, 0) is 51.3 Å². The zero-order valence-corrected chi connectivity index (χ0v) is 19.2. The van der Waals surface area contributed by atoms with Gasteiger partial charge in [0.2, 0.25) is 0 Å². The summed E-state index contributed by atoms with van der Waals surface area (Å²) in [4.78, 5) is 30.9. The summed E-state index contributed by atoms with van der Waals surface area (Å²) in [6, 6.07) is 13.5. The number of ether oxygens (including phenoxy) is 1. The zero-order valence-electron chi connectivity index (χ0n) is 18.4. The summed E-state index contributed by atoms with van der Waals surface area (Å²) >= 11 is 1.43. The first-order chi connectivity index (χ1) is 14.7. The lowest BCUT2D eigenvalue weighted by Crippen LogP contribution is -2.37. The number of aryl methyl sites for hydroxylation is 1. The lowest BCUT2D eigenvalue weighted by Gasteiger charge is -2.22. The van der Waals surface area contributed by atoms with Crippen LogP contribution in [0.2, 0.25) is 0 Å². The summed E-state index contributed by atoms with van der Waals surface area (Å²) in [5, 5.41) is 3.11. The molecule has 31 heavy (non-hydrogen) atoms. The molecule has 3 rings (SSSR count). The highest BCUT2D eigenvalue weighted by Gasteiger charge is 2.21. The maximum absolute atomic E-state index is 12.9. The second-order valence-corrected chi connectivity index (χ2v) is 9.62. The molecule has 0 fully saturated rings. The van der Waals surface area contributed by atoms with Gasteiger partial charge in [0.25, 0.3) is 5.91 Å². The Morgan fingerprint density at radius 1 is 1.16 bits per heavy atom. The molecule has 1 atom stereocenters. The topological polar surface area (TPSA) is 73.2 Å². The number of nitrogens with one attached hydrogen (secondary N) is 1. The Kier molecular flexibility index (Phi) is 7.28. The molecule has 2 aromatic heterocycles. The van der Waals surface area contributed by atoms with Crippen LogP contribution in [-0.2, 0) is 23.0 Å². The second kappa shape index (κ2) is 9.92. The van der Waals surface area contributed by atoms with E-state index in [1.165, 1.54) is 11.3 Å². The van der Waals surface area contributed by atoms with Crippen molar-refractivity contribution >= 4 is 23.2 Å². The molecule has 1 unspecified atom stereocenters. The molecular formula is C24H29N3O3S. The van der Waals surface area contributed by atoms with Crippen molar-refractivity contribution in [3.05, 3.63) is 65.4 Å². The van der Waals surface area contributed by atoms with Crippen LogP contribution in [0.1, 0.15) is 48.8 Å². The van der Waals surface area contributed by atoms with E-state index >= 15 is 0 Å². The first kappa shape index (κ1) is 22.7. The van der Waals surface area contributed by atoms with Gasteiger partial charge in [-0.2, -0.15) is 0 Å². The molecule has 3 aromatic rings. The Morgan fingerprint density at radius 3 is 2.55 bits per heavy atom. The molecule has 1 N–H and O–H groups in total. The average molecular weight is 440 g/mol. The fourth-order valence-electron chi connectivity index (χ4n) is 3.26. The van der Waals surface area contributed by atoms with Crippen LogP contribution < -0.4 is 5.32 Å². The second-order valence-electron chi connectivity index (χ2n) is 8.54. The number of benzene rings is 1. The standard InChI is InChI=1S/C24H29N3O3S/c1-24(2,3)30-22(28)13-10-18(14-17-8-6-5-7-9-17)26-23(29)21-12-11-20(31-21)19-15-25-16-27(19)4/h5-9,11-12,15-16,18H,10,13-14H2,1-4H3,(H,26,29). The van der Waals surface area contributed by atoms with Gasteiger partial charge in [0, 0.05) is 19.5 Å². The van der Waals surface area contributed by atoms with Crippen LogP contribution in [0, 0.1) is 0 Å². The molecular weight excluding hydrogens is 410 g/mol. The fraction of sp³-hybridized carbons (Fsp3) is 0.375. The van der Waals surface area contributed by atoms with Crippen molar-refractivity contribution in [2.45, 2.75) is 51.7 Å². The van der Waals surface area contributed by atoms with Crippen molar-refractivity contribution in [1.29, 1.82) is 0 Å². The van der Waals surface area contributed by atoms with Gasteiger partial charge < -0.3 is 14.6 Å². The maximum Gasteiger partial charge on any atom is 0.306 e. The minimum Gasteiger partial charge on any atom is -0.460 e. The van der Waals surface area contributed by atoms with E-state index in [1.807, 2.05) is 74.9 Å². The Balaban J connectivity index is 1.68. The van der Waals surface area contributed by atoms with E-state index in [-0.39, 0.29) is 24.3 Å². The first-order valence-electron chi connectivity index (χ1n) is 10.3. The Morgan fingerprint density at radius 2 is 1.90 bits per heavy atom. The summed E-state index contributed by atoms with van der Waals surface area (Å²) in [5.74, 6) is -0.391. The molecule has 0 saturated heterocycles. The van der Waals surface area contributed by atoms with E-state index in [1.54, 1.807) is 12.5 Å². The molecule has 6 nitrogen and oxygen atoms in total. The van der Waals surface area contributed by atoms with Crippen molar-refractivity contribution in [2.24, 2.45) is 7.05 Å². The van der Waals surface area contributed by atoms with Crippen LogP contribution in [-0.4, -0.2) is 33.1 Å². The number of hydrogen-bond acceptors (Lipinski definition) is 5. The SMILES string of the molecule is Cn1cncc1-c1ccc(C(=O)NC(CCC(=O)OC(C)(C)C)Cc2ccccc2)s1. The highest BCUT2D eigenvalue weighted by molar-refractivity contribution is 7.17. The molecule has 7 heteroatoms. The van der Waals surface area contributed by atoms with Gasteiger partial charge in [0.1, 0.15) is 5.60 Å². The summed E-state index contributed by atoms with van der Waals surface area (Å²) < 4.78 is 7.35.